The minimum atomic E-state index is 0.215. The van der Waals surface area contributed by atoms with Gasteiger partial charge in [-0.25, -0.2) is 0 Å². The molecule has 0 saturated carbocycles. The summed E-state index contributed by atoms with van der Waals surface area (Å²) in [6, 6.07) is 0. The van der Waals surface area contributed by atoms with Crippen molar-refractivity contribution in [3.05, 3.63) is 5.82 Å². The Morgan fingerprint density at radius 2 is 2.06 bits per heavy atom. The lowest BCUT2D eigenvalue weighted by Crippen LogP contribution is -2.38. The van der Waals surface area contributed by atoms with Gasteiger partial charge < -0.3 is 9.47 Å². The normalized spacial score (nSPS) is 17.2. The first kappa shape index (κ1) is 13.4. The Hall–Kier alpha value is -1.04. The van der Waals surface area contributed by atoms with E-state index in [0.29, 0.717) is 5.75 Å². The largest absolute Gasteiger partial charge is 0.342 e. The van der Waals surface area contributed by atoms with Gasteiger partial charge in [-0.05, 0) is 25.7 Å². The van der Waals surface area contributed by atoms with Gasteiger partial charge in [-0.2, -0.15) is 0 Å². The fourth-order valence-corrected chi connectivity index (χ4v) is 2.85. The zero-order chi connectivity index (χ0) is 13.1. The molecule has 1 amide bonds. The number of hydrogen-bond acceptors (Lipinski definition) is 4. The molecular formula is C12H20N4OS. The number of aryl methyl sites for hydroxylation is 1. The lowest BCUT2D eigenvalue weighted by molar-refractivity contribution is -0.129. The fraction of sp³-hybridized carbons (Fsp3) is 0.750. The Morgan fingerprint density at radius 3 is 2.61 bits per heavy atom. The summed E-state index contributed by atoms with van der Waals surface area (Å²) in [6.07, 6.45) is 2.25. The molecule has 5 nitrogen and oxygen atoms in total. The number of carbonyl (C=O) groups excluding carboxylic acids is 1. The van der Waals surface area contributed by atoms with Gasteiger partial charge >= 0.3 is 0 Å². The van der Waals surface area contributed by atoms with E-state index in [4.69, 9.17) is 0 Å². The summed E-state index contributed by atoms with van der Waals surface area (Å²) in [4.78, 5) is 14.0. The first-order valence-electron chi connectivity index (χ1n) is 6.34. The molecular weight excluding hydrogens is 248 g/mol. The highest BCUT2D eigenvalue weighted by Gasteiger charge is 2.20. The van der Waals surface area contributed by atoms with Crippen LogP contribution in [0.15, 0.2) is 5.16 Å². The van der Waals surface area contributed by atoms with Gasteiger partial charge in [-0.15, -0.1) is 10.2 Å². The van der Waals surface area contributed by atoms with E-state index >= 15 is 0 Å². The zero-order valence-electron chi connectivity index (χ0n) is 11.2. The first-order chi connectivity index (χ1) is 8.58. The average Bonchev–Trinajstić information content (AvgIpc) is 2.68. The van der Waals surface area contributed by atoms with Crippen LogP contribution in [-0.2, 0) is 11.8 Å². The molecule has 18 heavy (non-hydrogen) atoms. The number of aromatic nitrogens is 3. The van der Waals surface area contributed by atoms with Gasteiger partial charge in [0.25, 0.3) is 0 Å². The molecule has 1 aliphatic rings. The van der Waals surface area contributed by atoms with Crippen molar-refractivity contribution >= 4 is 17.7 Å². The van der Waals surface area contributed by atoms with Crippen LogP contribution in [0.25, 0.3) is 0 Å². The van der Waals surface area contributed by atoms with Gasteiger partial charge in [0.2, 0.25) is 5.91 Å². The SMILES string of the molecule is Cc1nnc(SCC(=O)N2CCC(C)CC2)n1C. The molecule has 0 spiro atoms. The predicted molar refractivity (Wildman–Crippen MR) is 71.4 cm³/mol. The smallest absolute Gasteiger partial charge is 0.233 e. The number of amides is 1. The molecule has 0 unspecified atom stereocenters. The van der Waals surface area contributed by atoms with Crippen molar-refractivity contribution in [1.29, 1.82) is 0 Å². The van der Waals surface area contributed by atoms with E-state index in [0.717, 1.165) is 42.8 Å². The van der Waals surface area contributed by atoms with Crippen molar-refractivity contribution in [2.75, 3.05) is 18.8 Å². The Labute approximate surface area is 112 Å². The van der Waals surface area contributed by atoms with E-state index in [1.807, 2.05) is 23.4 Å². The number of nitrogens with zero attached hydrogens (tertiary/aromatic N) is 4. The van der Waals surface area contributed by atoms with Crippen molar-refractivity contribution in [3.8, 4) is 0 Å². The van der Waals surface area contributed by atoms with Crippen LogP contribution in [0, 0.1) is 12.8 Å². The molecule has 6 heteroatoms. The Balaban J connectivity index is 1.83. The third kappa shape index (κ3) is 3.04. The number of piperidine rings is 1. The lowest BCUT2D eigenvalue weighted by Gasteiger charge is -2.30. The topological polar surface area (TPSA) is 51.0 Å². The lowest BCUT2D eigenvalue weighted by atomic mass is 9.99. The van der Waals surface area contributed by atoms with Gasteiger partial charge in [0.15, 0.2) is 5.16 Å². The van der Waals surface area contributed by atoms with Crippen molar-refractivity contribution in [2.24, 2.45) is 13.0 Å². The number of likely N-dealkylation sites (tertiary alicyclic amines) is 1. The first-order valence-corrected chi connectivity index (χ1v) is 7.33. The van der Waals surface area contributed by atoms with Crippen LogP contribution >= 0.6 is 11.8 Å². The molecule has 0 atom stereocenters. The maximum Gasteiger partial charge on any atom is 0.233 e. The van der Waals surface area contributed by atoms with Crippen LogP contribution in [0.5, 0.6) is 0 Å². The Kier molecular flexibility index (Phi) is 4.27. The summed E-state index contributed by atoms with van der Waals surface area (Å²) in [5.41, 5.74) is 0. The van der Waals surface area contributed by atoms with E-state index in [9.17, 15) is 4.79 Å². The summed E-state index contributed by atoms with van der Waals surface area (Å²) in [6.45, 7) is 5.96. The summed E-state index contributed by atoms with van der Waals surface area (Å²) in [5, 5.41) is 8.84. The van der Waals surface area contributed by atoms with Crippen molar-refractivity contribution in [1.82, 2.24) is 19.7 Å². The highest BCUT2D eigenvalue weighted by molar-refractivity contribution is 7.99. The highest BCUT2D eigenvalue weighted by atomic mass is 32.2. The number of hydrogen-bond donors (Lipinski definition) is 0. The second-order valence-electron chi connectivity index (χ2n) is 4.94. The average molecular weight is 268 g/mol. The van der Waals surface area contributed by atoms with Gasteiger partial charge in [-0.3, -0.25) is 4.79 Å². The van der Waals surface area contributed by atoms with Gasteiger partial charge in [0.1, 0.15) is 5.82 Å². The second-order valence-corrected chi connectivity index (χ2v) is 5.88. The molecule has 1 saturated heterocycles. The van der Waals surface area contributed by atoms with E-state index in [1.54, 1.807) is 0 Å². The Bertz CT molecular complexity index is 424. The molecule has 2 heterocycles. The molecule has 2 rings (SSSR count). The van der Waals surface area contributed by atoms with Crippen LogP contribution in [0.1, 0.15) is 25.6 Å². The summed E-state index contributed by atoms with van der Waals surface area (Å²) in [7, 11) is 1.92. The fourth-order valence-electron chi connectivity index (χ4n) is 1.99. The monoisotopic (exact) mass is 268 g/mol. The minimum absolute atomic E-state index is 0.215. The van der Waals surface area contributed by atoms with Gasteiger partial charge in [0.05, 0.1) is 5.75 Å². The second kappa shape index (κ2) is 5.73. The standard InChI is InChI=1S/C12H20N4OS/c1-9-4-6-16(7-5-9)11(17)8-18-12-14-13-10(2)15(12)3/h9H,4-8H2,1-3H3. The quantitative estimate of drug-likeness (QED) is 0.779. The molecule has 0 aliphatic carbocycles. The number of carbonyl (C=O) groups is 1. The van der Waals surface area contributed by atoms with Crippen LogP contribution in [0.2, 0.25) is 0 Å². The van der Waals surface area contributed by atoms with E-state index in [1.165, 1.54) is 11.8 Å². The predicted octanol–water partition coefficient (Wildman–Crippen LogP) is 1.47. The van der Waals surface area contributed by atoms with E-state index < -0.39 is 0 Å². The molecule has 1 aromatic heterocycles. The summed E-state index contributed by atoms with van der Waals surface area (Å²) < 4.78 is 1.91. The van der Waals surface area contributed by atoms with Crippen molar-refractivity contribution < 1.29 is 4.79 Å². The molecule has 100 valence electrons. The third-order valence-electron chi connectivity index (χ3n) is 3.51. The van der Waals surface area contributed by atoms with E-state index in [-0.39, 0.29) is 5.91 Å². The summed E-state index contributed by atoms with van der Waals surface area (Å²) >= 11 is 1.47. The summed E-state index contributed by atoms with van der Waals surface area (Å²) in [5.74, 6) is 2.30. The highest BCUT2D eigenvalue weighted by Crippen LogP contribution is 2.19. The Morgan fingerprint density at radius 1 is 1.39 bits per heavy atom. The van der Waals surface area contributed by atoms with Gasteiger partial charge in [-0.1, -0.05) is 18.7 Å². The van der Waals surface area contributed by atoms with Crippen LogP contribution in [0.4, 0.5) is 0 Å². The maximum absolute atomic E-state index is 12.0. The molecule has 0 radical (unpaired) electrons. The molecule has 0 N–H and O–H groups in total. The number of thioether (sulfide) groups is 1. The zero-order valence-corrected chi connectivity index (χ0v) is 12.0. The number of rotatable bonds is 3. The van der Waals surface area contributed by atoms with Crippen LogP contribution in [-0.4, -0.2) is 44.4 Å². The molecule has 0 bridgehead atoms. The maximum atomic E-state index is 12.0. The van der Waals surface area contributed by atoms with Crippen LogP contribution in [0.3, 0.4) is 0 Å². The van der Waals surface area contributed by atoms with Crippen LogP contribution < -0.4 is 0 Å². The molecule has 1 aliphatic heterocycles. The third-order valence-corrected chi connectivity index (χ3v) is 4.52. The minimum Gasteiger partial charge on any atom is -0.342 e. The molecule has 1 fully saturated rings. The van der Waals surface area contributed by atoms with Gasteiger partial charge in [0, 0.05) is 20.1 Å². The van der Waals surface area contributed by atoms with Crippen molar-refractivity contribution in [2.45, 2.75) is 31.8 Å². The van der Waals surface area contributed by atoms with Crippen molar-refractivity contribution in [3.63, 3.8) is 0 Å². The molecule has 1 aromatic rings. The molecule has 0 aromatic carbocycles. The van der Waals surface area contributed by atoms with E-state index in [2.05, 4.69) is 17.1 Å².